The number of fused-ring (bicyclic) bond motifs is 3. The second-order valence-corrected chi connectivity index (χ2v) is 5.27. The van der Waals surface area contributed by atoms with E-state index in [1.165, 1.54) is 0 Å². The van der Waals surface area contributed by atoms with E-state index in [0.29, 0.717) is 12.2 Å². The monoisotopic (exact) mass is 282 g/mol. The van der Waals surface area contributed by atoms with Crippen molar-refractivity contribution in [3.8, 4) is 0 Å². The minimum absolute atomic E-state index is 0.266. The molecule has 2 unspecified atom stereocenters. The lowest BCUT2D eigenvalue weighted by molar-refractivity contribution is -0.139. The molecule has 5 heteroatoms. The third-order valence-electron chi connectivity index (χ3n) is 4.04. The lowest BCUT2D eigenvalue weighted by atomic mass is 9.93. The minimum atomic E-state index is -0.845. The molecule has 4 rings (SSSR count). The predicted molar refractivity (Wildman–Crippen MR) is 77.1 cm³/mol. The zero-order valence-electron chi connectivity index (χ0n) is 11.2. The lowest BCUT2D eigenvalue weighted by Gasteiger charge is -2.27. The molecular weight excluding hydrogens is 268 g/mol. The minimum Gasteiger partial charge on any atom is -0.480 e. The Kier molecular flexibility index (Phi) is 2.62. The van der Waals surface area contributed by atoms with Crippen LogP contribution >= 0.6 is 0 Å². The van der Waals surface area contributed by atoms with Gasteiger partial charge in [0.15, 0.2) is 0 Å². The maximum atomic E-state index is 11.4. The van der Waals surface area contributed by atoms with Gasteiger partial charge in [-0.2, -0.15) is 0 Å². The number of furan rings is 1. The molecule has 0 saturated carbocycles. The van der Waals surface area contributed by atoms with E-state index < -0.39 is 12.0 Å². The van der Waals surface area contributed by atoms with Gasteiger partial charge in [-0.25, -0.2) is 0 Å². The Hall–Kier alpha value is -2.53. The molecule has 0 fully saturated rings. The number of benzene rings is 1. The van der Waals surface area contributed by atoms with Crippen LogP contribution in [0.25, 0.3) is 10.9 Å². The predicted octanol–water partition coefficient (Wildman–Crippen LogP) is 2.45. The third kappa shape index (κ3) is 1.86. The number of aliphatic carboxylic acids is 1. The number of H-pyrrole nitrogens is 1. The fourth-order valence-corrected chi connectivity index (χ4v) is 3.07. The Morgan fingerprint density at radius 3 is 2.86 bits per heavy atom. The highest BCUT2D eigenvalue weighted by Gasteiger charge is 2.34. The first kappa shape index (κ1) is 12.2. The van der Waals surface area contributed by atoms with Gasteiger partial charge >= 0.3 is 5.97 Å². The highest BCUT2D eigenvalue weighted by molar-refractivity contribution is 5.87. The van der Waals surface area contributed by atoms with Crippen molar-refractivity contribution >= 4 is 16.9 Å². The molecule has 0 aliphatic carbocycles. The number of carboxylic acid groups (broad SMARTS) is 1. The van der Waals surface area contributed by atoms with Crippen LogP contribution in [0.15, 0.2) is 47.1 Å². The first-order valence-corrected chi connectivity index (χ1v) is 6.86. The van der Waals surface area contributed by atoms with Crippen LogP contribution in [0.2, 0.25) is 0 Å². The smallest absolute Gasteiger partial charge is 0.321 e. The molecule has 0 bridgehead atoms. The molecular formula is C16H14N2O3. The van der Waals surface area contributed by atoms with Crippen LogP contribution in [0.4, 0.5) is 0 Å². The van der Waals surface area contributed by atoms with Crippen molar-refractivity contribution in [1.82, 2.24) is 10.3 Å². The highest BCUT2D eigenvalue weighted by atomic mass is 16.4. The largest absolute Gasteiger partial charge is 0.480 e. The molecule has 3 heterocycles. The topological polar surface area (TPSA) is 78.3 Å². The molecule has 0 spiro atoms. The van der Waals surface area contributed by atoms with E-state index in [-0.39, 0.29) is 6.04 Å². The van der Waals surface area contributed by atoms with E-state index in [1.54, 1.807) is 6.26 Å². The number of aromatic nitrogens is 1. The van der Waals surface area contributed by atoms with E-state index in [1.807, 2.05) is 36.4 Å². The molecule has 1 aliphatic heterocycles. The van der Waals surface area contributed by atoms with E-state index in [9.17, 15) is 9.90 Å². The van der Waals surface area contributed by atoms with Gasteiger partial charge < -0.3 is 14.5 Å². The number of aromatic amines is 1. The summed E-state index contributed by atoms with van der Waals surface area (Å²) in [7, 11) is 0. The molecule has 21 heavy (non-hydrogen) atoms. The van der Waals surface area contributed by atoms with Crippen LogP contribution in [-0.4, -0.2) is 22.1 Å². The quantitative estimate of drug-likeness (QED) is 0.674. The standard InChI is InChI=1S/C16H14N2O3/c19-16(20)12-8-10-9-4-1-2-5-11(9)17-14(10)15(18-12)13-6-3-7-21-13/h1-7,12,15,17-18H,8H2,(H,19,20). The second kappa shape index (κ2) is 4.49. The van der Waals surface area contributed by atoms with Gasteiger partial charge in [0.25, 0.3) is 0 Å². The number of hydrogen-bond donors (Lipinski definition) is 3. The molecule has 0 saturated heterocycles. The number of para-hydroxylation sites is 1. The van der Waals surface area contributed by atoms with Gasteiger partial charge in [-0.1, -0.05) is 18.2 Å². The highest BCUT2D eigenvalue weighted by Crippen LogP contribution is 2.35. The Morgan fingerprint density at radius 2 is 2.10 bits per heavy atom. The number of nitrogens with one attached hydrogen (secondary N) is 2. The van der Waals surface area contributed by atoms with Crippen LogP contribution in [0.5, 0.6) is 0 Å². The Balaban J connectivity index is 1.92. The van der Waals surface area contributed by atoms with Crippen molar-refractivity contribution in [3.63, 3.8) is 0 Å². The number of hydrogen-bond acceptors (Lipinski definition) is 3. The number of rotatable bonds is 2. The van der Waals surface area contributed by atoms with Crippen LogP contribution in [0.1, 0.15) is 23.1 Å². The van der Waals surface area contributed by atoms with Crippen molar-refractivity contribution in [2.45, 2.75) is 18.5 Å². The molecule has 2 aromatic heterocycles. The third-order valence-corrected chi connectivity index (χ3v) is 4.04. The van der Waals surface area contributed by atoms with E-state index in [0.717, 1.165) is 22.2 Å². The number of carbonyl (C=O) groups is 1. The molecule has 1 aromatic carbocycles. The molecule has 0 radical (unpaired) electrons. The van der Waals surface area contributed by atoms with Gasteiger partial charge in [0.2, 0.25) is 0 Å². The SMILES string of the molecule is O=C(O)C1Cc2c([nH]c3ccccc23)C(c2ccco2)N1. The molecule has 3 aromatic rings. The summed E-state index contributed by atoms with van der Waals surface area (Å²) in [5.41, 5.74) is 3.06. The fourth-order valence-electron chi connectivity index (χ4n) is 3.07. The Bertz CT molecular complexity index is 804. The average molecular weight is 282 g/mol. The summed E-state index contributed by atoms with van der Waals surface area (Å²) in [6, 6.07) is 10.7. The fraction of sp³-hybridized carbons (Fsp3) is 0.188. The summed E-state index contributed by atoms with van der Waals surface area (Å²) < 4.78 is 5.48. The second-order valence-electron chi connectivity index (χ2n) is 5.27. The summed E-state index contributed by atoms with van der Waals surface area (Å²) in [6.45, 7) is 0. The number of carboxylic acids is 1. The Morgan fingerprint density at radius 1 is 1.24 bits per heavy atom. The van der Waals surface area contributed by atoms with Crippen molar-refractivity contribution in [1.29, 1.82) is 0 Å². The average Bonchev–Trinajstić information content (AvgIpc) is 3.13. The maximum absolute atomic E-state index is 11.4. The summed E-state index contributed by atoms with van der Waals surface area (Å²) in [6.07, 6.45) is 2.07. The van der Waals surface area contributed by atoms with Crippen LogP contribution in [0, 0.1) is 0 Å². The van der Waals surface area contributed by atoms with Crippen LogP contribution < -0.4 is 5.32 Å². The first-order chi connectivity index (χ1) is 10.2. The van der Waals surface area contributed by atoms with Gasteiger partial charge in [0, 0.05) is 23.0 Å². The summed E-state index contributed by atoms with van der Waals surface area (Å²) in [5.74, 6) is -0.128. The molecule has 0 amide bonds. The summed E-state index contributed by atoms with van der Waals surface area (Å²) in [5, 5.41) is 13.6. The first-order valence-electron chi connectivity index (χ1n) is 6.86. The van der Waals surface area contributed by atoms with E-state index >= 15 is 0 Å². The van der Waals surface area contributed by atoms with Crippen molar-refractivity contribution in [3.05, 3.63) is 59.7 Å². The van der Waals surface area contributed by atoms with Crippen molar-refractivity contribution < 1.29 is 14.3 Å². The maximum Gasteiger partial charge on any atom is 0.321 e. The van der Waals surface area contributed by atoms with Gasteiger partial charge in [0.1, 0.15) is 17.8 Å². The van der Waals surface area contributed by atoms with Gasteiger partial charge in [0.05, 0.1) is 6.26 Å². The summed E-state index contributed by atoms with van der Waals surface area (Å²) >= 11 is 0. The molecule has 2 atom stereocenters. The zero-order chi connectivity index (χ0) is 14.4. The lowest BCUT2D eigenvalue weighted by Crippen LogP contribution is -2.44. The zero-order valence-corrected chi connectivity index (χ0v) is 11.2. The van der Waals surface area contributed by atoms with Crippen molar-refractivity contribution in [2.75, 3.05) is 0 Å². The van der Waals surface area contributed by atoms with E-state index in [2.05, 4.69) is 10.3 Å². The van der Waals surface area contributed by atoms with Gasteiger partial charge in [-0.05, 0) is 23.8 Å². The van der Waals surface area contributed by atoms with Gasteiger partial charge in [-0.15, -0.1) is 0 Å². The van der Waals surface area contributed by atoms with Crippen molar-refractivity contribution in [2.24, 2.45) is 0 Å². The molecule has 3 N–H and O–H groups in total. The molecule has 1 aliphatic rings. The van der Waals surface area contributed by atoms with E-state index in [4.69, 9.17) is 4.42 Å². The molecule has 5 nitrogen and oxygen atoms in total. The Labute approximate surface area is 120 Å². The van der Waals surface area contributed by atoms with Crippen LogP contribution in [0.3, 0.4) is 0 Å². The van der Waals surface area contributed by atoms with Crippen LogP contribution in [-0.2, 0) is 11.2 Å². The molecule has 106 valence electrons. The normalized spacial score (nSPS) is 21.3. The van der Waals surface area contributed by atoms with Gasteiger partial charge in [-0.3, -0.25) is 10.1 Å². The summed E-state index contributed by atoms with van der Waals surface area (Å²) in [4.78, 5) is 14.8.